The van der Waals surface area contributed by atoms with Crippen LogP contribution in [0.1, 0.15) is 36.0 Å². The van der Waals surface area contributed by atoms with Crippen LogP contribution < -0.4 is 5.32 Å². The third kappa shape index (κ3) is 4.20. The van der Waals surface area contributed by atoms with Crippen molar-refractivity contribution in [1.29, 1.82) is 0 Å². The van der Waals surface area contributed by atoms with Crippen molar-refractivity contribution in [3.63, 3.8) is 0 Å². The molecule has 1 amide bonds. The van der Waals surface area contributed by atoms with Crippen LogP contribution in [-0.2, 0) is 0 Å². The lowest BCUT2D eigenvalue weighted by atomic mass is 9.89. The summed E-state index contributed by atoms with van der Waals surface area (Å²) in [5.41, 5.74) is 0.534. The minimum atomic E-state index is -0.0947. The summed E-state index contributed by atoms with van der Waals surface area (Å²) >= 11 is 13.1. The number of hydrogen-bond acceptors (Lipinski definition) is 1. The lowest BCUT2D eigenvalue weighted by molar-refractivity contribution is 0.0944. The number of carbonyl (C=O) groups excluding carboxylic acids is 1. The average molecular weight is 410 g/mol. The number of hydrogen-bond donors (Lipinski definition) is 1. The Morgan fingerprint density at radius 3 is 2.79 bits per heavy atom. The maximum Gasteiger partial charge on any atom is 0.252 e. The molecule has 0 spiro atoms. The highest BCUT2D eigenvalue weighted by molar-refractivity contribution is 9.10. The first-order chi connectivity index (χ1) is 9.08. The van der Waals surface area contributed by atoms with E-state index >= 15 is 0 Å². The molecule has 1 aliphatic carbocycles. The summed E-state index contributed by atoms with van der Waals surface area (Å²) in [5.74, 6) is 0.426. The van der Waals surface area contributed by atoms with Gasteiger partial charge in [0.1, 0.15) is 0 Å². The van der Waals surface area contributed by atoms with Gasteiger partial charge in [-0.05, 0) is 37.0 Å². The topological polar surface area (TPSA) is 29.1 Å². The van der Waals surface area contributed by atoms with Crippen molar-refractivity contribution in [1.82, 2.24) is 5.32 Å². The van der Waals surface area contributed by atoms with Crippen LogP contribution in [0.2, 0.25) is 5.02 Å². The maximum atomic E-state index is 12.1. The summed E-state index contributed by atoms with van der Waals surface area (Å²) in [7, 11) is 0. The molecular weight excluding hydrogens is 393 g/mol. The Kier molecular flexibility index (Phi) is 5.72. The highest BCUT2D eigenvalue weighted by Gasteiger charge is 2.23. The Morgan fingerprint density at radius 2 is 2.11 bits per heavy atom. The predicted octanol–water partition coefficient (Wildman–Crippen LogP) is 4.79. The highest BCUT2D eigenvalue weighted by atomic mass is 79.9. The van der Waals surface area contributed by atoms with Gasteiger partial charge in [0.25, 0.3) is 5.91 Å². The van der Waals surface area contributed by atoms with E-state index < -0.39 is 0 Å². The summed E-state index contributed by atoms with van der Waals surface area (Å²) < 4.78 is 0.877. The first-order valence-electron chi connectivity index (χ1n) is 6.45. The van der Waals surface area contributed by atoms with Crippen LogP contribution in [0.15, 0.2) is 22.7 Å². The molecule has 1 fully saturated rings. The molecule has 0 aliphatic heterocycles. The van der Waals surface area contributed by atoms with Crippen LogP contribution in [-0.4, -0.2) is 17.3 Å². The Hall–Kier alpha value is -0.0600. The van der Waals surface area contributed by atoms with Crippen LogP contribution in [0.25, 0.3) is 0 Å². The monoisotopic (exact) mass is 407 g/mol. The standard InChI is InChI=1S/C14H16Br2ClNO/c15-10-5-6-11(13(17)7-10)14(19)18-8-9-3-1-2-4-12(9)16/h5-7,9,12H,1-4,8H2,(H,18,19). The molecule has 5 heteroatoms. The van der Waals surface area contributed by atoms with E-state index in [1.54, 1.807) is 12.1 Å². The normalized spacial score (nSPS) is 23.1. The summed E-state index contributed by atoms with van der Waals surface area (Å²) in [6, 6.07) is 5.31. The average Bonchev–Trinajstić information content (AvgIpc) is 2.37. The third-order valence-corrected chi connectivity index (χ3v) is 5.53. The van der Waals surface area contributed by atoms with E-state index in [1.165, 1.54) is 25.7 Å². The third-order valence-electron chi connectivity index (χ3n) is 3.52. The van der Waals surface area contributed by atoms with Gasteiger partial charge in [0, 0.05) is 15.8 Å². The van der Waals surface area contributed by atoms with E-state index in [1.807, 2.05) is 6.07 Å². The molecule has 0 aromatic heterocycles. The van der Waals surface area contributed by atoms with Crippen LogP contribution in [0.5, 0.6) is 0 Å². The Balaban J connectivity index is 1.93. The van der Waals surface area contributed by atoms with Crippen molar-refractivity contribution in [2.24, 2.45) is 5.92 Å². The van der Waals surface area contributed by atoms with Gasteiger partial charge in [-0.2, -0.15) is 0 Å². The van der Waals surface area contributed by atoms with Crippen LogP contribution in [0, 0.1) is 5.92 Å². The number of amides is 1. The summed E-state index contributed by atoms with van der Waals surface area (Å²) in [4.78, 5) is 12.6. The molecule has 0 radical (unpaired) electrons. The van der Waals surface area contributed by atoms with Crippen molar-refractivity contribution >= 4 is 49.4 Å². The number of alkyl halides is 1. The molecule has 2 nitrogen and oxygen atoms in total. The molecule has 19 heavy (non-hydrogen) atoms. The Bertz CT molecular complexity index is 467. The SMILES string of the molecule is O=C(NCC1CCCCC1Br)c1ccc(Br)cc1Cl. The minimum absolute atomic E-state index is 0.0947. The Morgan fingerprint density at radius 1 is 1.37 bits per heavy atom. The number of benzene rings is 1. The number of carbonyl (C=O) groups is 1. The summed E-state index contributed by atoms with van der Waals surface area (Å²) in [6.45, 7) is 0.709. The molecule has 1 N–H and O–H groups in total. The highest BCUT2D eigenvalue weighted by Crippen LogP contribution is 2.29. The van der Waals surface area contributed by atoms with E-state index in [4.69, 9.17) is 11.6 Å². The van der Waals surface area contributed by atoms with Crippen molar-refractivity contribution in [2.45, 2.75) is 30.5 Å². The first kappa shape index (κ1) is 15.3. The molecule has 1 aromatic rings. The molecule has 0 saturated heterocycles. The zero-order chi connectivity index (χ0) is 13.8. The summed E-state index contributed by atoms with van der Waals surface area (Å²) in [6.07, 6.45) is 4.89. The molecule has 2 rings (SSSR count). The molecule has 2 unspecified atom stereocenters. The molecule has 104 valence electrons. The van der Waals surface area contributed by atoms with E-state index in [0.29, 0.717) is 27.9 Å². The zero-order valence-corrected chi connectivity index (χ0v) is 14.4. The van der Waals surface area contributed by atoms with Gasteiger partial charge in [0.05, 0.1) is 10.6 Å². The van der Waals surface area contributed by atoms with Gasteiger partial charge in [0.15, 0.2) is 0 Å². The second-order valence-corrected chi connectivity index (χ2v) is 7.39. The largest absolute Gasteiger partial charge is 0.352 e. The van der Waals surface area contributed by atoms with Gasteiger partial charge in [-0.3, -0.25) is 4.79 Å². The van der Waals surface area contributed by atoms with E-state index in [-0.39, 0.29) is 5.91 Å². The molecule has 1 aliphatic rings. The minimum Gasteiger partial charge on any atom is -0.352 e. The first-order valence-corrected chi connectivity index (χ1v) is 8.54. The van der Waals surface area contributed by atoms with Crippen molar-refractivity contribution < 1.29 is 4.79 Å². The molecule has 1 saturated carbocycles. The van der Waals surface area contributed by atoms with E-state index in [0.717, 1.165) is 4.47 Å². The van der Waals surface area contributed by atoms with E-state index in [9.17, 15) is 4.79 Å². The van der Waals surface area contributed by atoms with Gasteiger partial charge >= 0.3 is 0 Å². The Labute approximate surface area is 135 Å². The maximum absolute atomic E-state index is 12.1. The van der Waals surface area contributed by atoms with Gasteiger partial charge in [-0.15, -0.1) is 0 Å². The van der Waals surface area contributed by atoms with Gasteiger partial charge < -0.3 is 5.32 Å². The lowest BCUT2D eigenvalue weighted by Gasteiger charge is -2.27. The predicted molar refractivity (Wildman–Crippen MR) is 86.2 cm³/mol. The smallest absolute Gasteiger partial charge is 0.252 e. The fourth-order valence-corrected chi connectivity index (χ4v) is 3.92. The molecule has 0 heterocycles. The van der Waals surface area contributed by atoms with Gasteiger partial charge in [-0.25, -0.2) is 0 Å². The van der Waals surface area contributed by atoms with Gasteiger partial charge in [0.2, 0.25) is 0 Å². The number of rotatable bonds is 3. The van der Waals surface area contributed by atoms with Crippen molar-refractivity contribution in [3.05, 3.63) is 33.3 Å². The quantitative estimate of drug-likeness (QED) is 0.715. The lowest BCUT2D eigenvalue weighted by Crippen LogP contribution is -2.34. The molecule has 0 bridgehead atoms. The van der Waals surface area contributed by atoms with E-state index in [2.05, 4.69) is 37.2 Å². The van der Waals surface area contributed by atoms with Crippen LogP contribution in [0.4, 0.5) is 0 Å². The zero-order valence-electron chi connectivity index (χ0n) is 10.5. The fraction of sp³-hybridized carbons (Fsp3) is 0.500. The summed E-state index contributed by atoms with van der Waals surface area (Å²) in [5, 5.41) is 3.47. The van der Waals surface area contributed by atoms with Crippen molar-refractivity contribution in [2.75, 3.05) is 6.54 Å². The molecular formula is C14H16Br2ClNO. The van der Waals surface area contributed by atoms with Crippen LogP contribution in [0.3, 0.4) is 0 Å². The van der Waals surface area contributed by atoms with Crippen LogP contribution >= 0.6 is 43.5 Å². The molecule has 2 atom stereocenters. The fourth-order valence-electron chi connectivity index (χ4n) is 2.38. The number of halogens is 3. The second kappa shape index (κ2) is 7.09. The van der Waals surface area contributed by atoms with Crippen molar-refractivity contribution in [3.8, 4) is 0 Å². The number of nitrogens with one attached hydrogen (secondary N) is 1. The van der Waals surface area contributed by atoms with Gasteiger partial charge in [-0.1, -0.05) is 56.3 Å². The second-order valence-electron chi connectivity index (χ2n) is 4.89. The molecule has 1 aromatic carbocycles.